The van der Waals surface area contributed by atoms with Crippen molar-refractivity contribution in [2.75, 3.05) is 12.0 Å². The summed E-state index contributed by atoms with van der Waals surface area (Å²) in [7, 11) is 0.229. The van der Waals surface area contributed by atoms with Gasteiger partial charge in [-0.2, -0.15) is 5.10 Å². The lowest BCUT2D eigenvalue weighted by atomic mass is 10.2. The third kappa shape index (κ3) is 5.08. The van der Waals surface area contributed by atoms with Crippen molar-refractivity contribution in [3.05, 3.63) is 11.4 Å². The Bertz CT molecular complexity index is 642. The van der Waals surface area contributed by atoms with Crippen LogP contribution in [0.25, 0.3) is 0 Å². The number of halogens is 1. The highest BCUT2D eigenvalue weighted by atomic mass is 35.7. The number of amides is 1. The fourth-order valence-corrected chi connectivity index (χ4v) is 3.99. The van der Waals surface area contributed by atoms with E-state index in [1.807, 2.05) is 6.92 Å². The second-order valence-electron chi connectivity index (χ2n) is 4.68. The van der Waals surface area contributed by atoms with Crippen molar-refractivity contribution < 1.29 is 17.4 Å². The Hall–Kier alpha value is -0.930. The van der Waals surface area contributed by atoms with E-state index in [-0.39, 0.29) is 22.4 Å². The third-order valence-corrected chi connectivity index (χ3v) is 4.97. The van der Waals surface area contributed by atoms with E-state index in [0.29, 0.717) is 18.5 Å². The molecule has 1 rings (SSSR count). The summed E-state index contributed by atoms with van der Waals surface area (Å²) in [4.78, 5) is 11.8. The van der Waals surface area contributed by atoms with Crippen LogP contribution in [-0.4, -0.2) is 46.8 Å². The number of aromatic nitrogens is 2. The average Bonchev–Trinajstić information content (AvgIpc) is 2.71. The molecule has 7 nitrogen and oxygen atoms in total. The van der Waals surface area contributed by atoms with Crippen LogP contribution in [0.3, 0.4) is 0 Å². The summed E-state index contributed by atoms with van der Waals surface area (Å²) >= 11 is 0. The topological polar surface area (TPSA) is 109 Å². The molecule has 2 N–H and O–H groups in total. The first kappa shape index (κ1) is 18.1. The Balaban J connectivity index is 3.07. The van der Waals surface area contributed by atoms with E-state index in [2.05, 4.69) is 15.5 Å². The maximum atomic E-state index is 12.1. The van der Waals surface area contributed by atoms with Crippen LogP contribution in [0.15, 0.2) is 4.90 Å². The largest absolute Gasteiger partial charge is 0.347 e. The van der Waals surface area contributed by atoms with E-state index >= 15 is 0 Å². The monoisotopic (exact) mass is 355 g/mol. The third-order valence-electron chi connectivity index (χ3n) is 2.61. The summed E-state index contributed by atoms with van der Waals surface area (Å²) < 4.78 is 34.4. The summed E-state index contributed by atoms with van der Waals surface area (Å²) in [6, 6.07) is -0.375. The van der Waals surface area contributed by atoms with Crippen molar-refractivity contribution in [3.63, 3.8) is 0 Å². The fourth-order valence-electron chi connectivity index (χ4n) is 1.89. The molecule has 1 heterocycles. The molecule has 0 aliphatic rings. The van der Waals surface area contributed by atoms with Gasteiger partial charge in [0.25, 0.3) is 15.0 Å². The average molecular weight is 356 g/mol. The van der Waals surface area contributed by atoms with Gasteiger partial charge < -0.3 is 5.32 Å². The molecule has 1 amide bonds. The molecule has 21 heavy (non-hydrogen) atoms. The number of aromatic amines is 1. The van der Waals surface area contributed by atoms with Gasteiger partial charge in [-0.1, -0.05) is 13.3 Å². The molecule has 0 saturated carbocycles. The Labute approximate surface area is 130 Å². The molecule has 0 fully saturated rings. The minimum absolute atomic E-state index is 0.262. The lowest BCUT2D eigenvalue weighted by Crippen LogP contribution is -2.36. The first-order valence-corrected chi connectivity index (χ1v) is 10.3. The molecular formula is C11H18ClN3O4S2. The summed E-state index contributed by atoms with van der Waals surface area (Å²) in [5.74, 6) is -0.396. The second-order valence-corrected chi connectivity index (χ2v) is 8.66. The highest BCUT2D eigenvalue weighted by Gasteiger charge is 2.28. The minimum Gasteiger partial charge on any atom is -0.347 e. The van der Waals surface area contributed by atoms with E-state index in [1.54, 1.807) is 6.92 Å². The Morgan fingerprint density at radius 3 is 2.62 bits per heavy atom. The van der Waals surface area contributed by atoms with Gasteiger partial charge in [-0.3, -0.25) is 14.1 Å². The van der Waals surface area contributed by atoms with Crippen LogP contribution in [0.5, 0.6) is 0 Å². The van der Waals surface area contributed by atoms with E-state index in [9.17, 15) is 17.4 Å². The van der Waals surface area contributed by atoms with Crippen LogP contribution in [-0.2, 0) is 26.3 Å². The van der Waals surface area contributed by atoms with Gasteiger partial charge in [0.05, 0.1) is 5.69 Å². The molecule has 2 unspecified atom stereocenters. The number of carbonyl (C=O) groups excluding carboxylic acids is 1. The predicted octanol–water partition coefficient (Wildman–Crippen LogP) is 0.786. The number of H-pyrrole nitrogens is 1. The molecule has 2 atom stereocenters. The highest BCUT2D eigenvalue weighted by molar-refractivity contribution is 8.13. The maximum absolute atomic E-state index is 12.1. The maximum Gasteiger partial charge on any atom is 0.273 e. The van der Waals surface area contributed by atoms with E-state index in [0.717, 1.165) is 0 Å². The van der Waals surface area contributed by atoms with Gasteiger partial charge in [0.2, 0.25) is 0 Å². The molecule has 1 aromatic heterocycles. The fraction of sp³-hybridized carbons (Fsp3) is 0.636. The normalized spacial score (nSPS) is 14.7. The van der Waals surface area contributed by atoms with Gasteiger partial charge in [-0.05, 0) is 13.3 Å². The molecule has 1 aromatic rings. The van der Waals surface area contributed by atoms with Gasteiger partial charge in [-0.25, -0.2) is 8.42 Å². The van der Waals surface area contributed by atoms with Crippen molar-refractivity contribution in [3.8, 4) is 0 Å². The van der Waals surface area contributed by atoms with E-state index < -0.39 is 25.8 Å². The molecule has 0 saturated heterocycles. The van der Waals surface area contributed by atoms with Crippen LogP contribution in [0, 0.1) is 0 Å². The van der Waals surface area contributed by atoms with E-state index in [1.165, 1.54) is 6.26 Å². The van der Waals surface area contributed by atoms with Crippen LogP contribution in [0.2, 0.25) is 0 Å². The molecule has 0 aliphatic heterocycles. The number of nitrogens with one attached hydrogen (secondary N) is 2. The highest BCUT2D eigenvalue weighted by Crippen LogP contribution is 2.23. The number of carbonyl (C=O) groups is 1. The summed E-state index contributed by atoms with van der Waals surface area (Å²) in [6.07, 6.45) is 2.61. The smallest absolute Gasteiger partial charge is 0.273 e. The Kier molecular flexibility index (Phi) is 6.36. The first-order valence-electron chi connectivity index (χ1n) is 6.29. The van der Waals surface area contributed by atoms with Crippen LogP contribution >= 0.6 is 10.7 Å². The quantitative estimate of drug-likeness (QED) is 0.703. The zero-order valence-electron chi connectivity index (χ0n) is 12.0. The first-order chi connectivity index (χ1) is 9.66. The van der Waals surface area contributed by atoms with Crippen molar-refractivity contribution in [2.45, 2.75) is 37.6 Å². The van der Waals surface area contributed by atoms with Crippen molar-refractivity contribution >= 4 is 36.4 Å². The number of rotatable bonds is 7. The number of hydrogen-bond acceptors (Lipinski definition) is 5. The standard InChI is InChI=1S/C11H18ClN3O4S2/c1-4-5-8-10(21(12,18)19)9(15-14-8)11(16)13-7(2)6-20(3)17/h7H,4-6H2,1-3H3,(H,13,16)(H,14,15). The van der Waals surface area contributed by atoms with Crippen molar-refractivity contribution in [1.29, 1.82) is 0 Å². The molecule has 120 valence electrons. The summed E-state index contributed by atoms with van der Waals surface area (Å²) in [5, 5.41) is 8.86. The van der Waals surface area contributed by atoms with Crippen molar-refractivity contribution in [1.82, 2.24) is 15.5 Å². The Morgan fingerprint density at radius 2 is 2.14 bits per heavy atom. The number of hydrogen-bond donors (Lipinski definition) is 2. The molecule has 0 bridgehead atoms. The van der Waals surface area contributed by atoms with Gasteiger partial charge in [0.15, 0.2) is 5.69 Å². The lowest BCUT2D eigenvalue weighted by Gasteiger charge is -2.11. The molecule has 0 radical (unpaired) electrons. The minimum atomic E-state index is -4.09. The Morgan fingerprint density at radius 1 is 1.52 bits per heavy atom. The van der Waals surface area contributed by atoms with Crippen LogP contribution in [0.4, 0.5) is 0 Å². The zero-order chi connectivity index (χ0) is 16.2. The van der Waals surface area contributed by atoms with Gasteiger partial charge >= 0.3 is 0 Å². The SMILES string of the molecule is CCCc1[nH]nc(C(=O)NC(C)CS(C)=O)c1S(=O)(=O)Cl. The van der Waals surface area contributed by atoms with Crippen LogP contribution < -0.4 is 5.32 Å². The van der Waals surface area contributed by atoms with Gasteiger partial charge in [-0.15, -0.1) is 0 Å². The van der Waals surface area contributed by atoms with Crippen LogP contribution in [0.1, 0.15) is 36.5 Å². The molecule has 10 heteroatoms. The summed E-state index contributed by atoms with van der Waals surface area (Å²) in [6.45, 7) is 3.54. The molecular weight excluding hydrogens is 338 g/mol. The molecule has 0 aromatic carbocycles. The second kappa shape index (κ2) is 7.37. The number of nitrogens with zero attached hydrogens (tertiary/aromatic N) is 1. The lowest BCUT2D eigenvalue weighted by molar-refractivity contribution is 0.0935. The number of aryl methyl sites for hydroxylation is 1. The predicted molar refractivity (Wildman–Crippen MR) is 81.5 cm³/mol. The molecule has 0 spiro atoms. The van der Waals surface area contributed by atoms with Gasteiger partial charge in [0.1, 0.15) is 4.90 Å². The van der Waals surface area contributed by atoms with E-state index in [4.69, 9.17) is 10.7 Å². The molecule has 0 aliphatic carbocycles. The zero-order valence-corrected chi connectivity index (χ0v) is 14.4. The summed E-state index contributed by atoms with van der Waals surface area (Å²) in [5.41, 5.74) is 0.0477. The van der Waals surface area contributed by atoms with Crippen molar-refractivity contribution in [2.24, 2.45) is 0 Å². The van der Waals surface area contributed by atoms with Gasteiger partial charge in [0, 0.05) is 39.5 Å².